The zero-order chi connectivity index (χ0) is 11.7. The number of carbonyl (C=O) groups is 1. The number of rotatable bonds is 8. The molecular weight excluding hydrogens is 210 g/mol. The second-order valence-electron chi connectivity index (χ2n) is 2.82. The lowest BCUT2D eigenvalue weighted by atomic mass is 10.3. The molecule has 3 N–H and O–H groups in total. The lowest BCUT2D eigenvalue weighted by Gasteiger charge is -2.11. The van der Waals surface area contributed by atoms with E-state index in [0.29, 0.717) is 0 Å². The number of carbonyl (C=O) groups excluding carboxylic acids is 1. The maximum absolute atomic E-state index is 11.6. The van der Waals surface area contributed by atoms with E-state index in [1.165, 1.54) is 7.11 Å². The molecule has 0 bridgehead atoms. The number of amides is 1. The molecule has 0 aliphatic carbocycles. The Kier molecular flexibility index (Phi) is 8.06. The molecule has 0 aromatic rings. The first-order valence-electron chi connectivity index (χ1n) is 4.46. The van der Waals surface area contributed by atoms with Gasteiger partial charge in [-0.2, -0.15) is 0 Å². The van der Waals surface area contributed by atoms with Gasteiger partial charge in [-0.15, -0.1) is 0 Å². The number of hydrogen-bond donors (Lipinski definition) is 2. The van der Waals surface area contributed by atoms with Gasteiger partial charge in [-0.25, -0.2) is 8.78 Å². The lowest BCUT2D eigenvalue weighted by Crippen LogP contribution is -2.44. The Balaban J connectivity index is 3.38. The third-order valence-corrected chi connectivity index (χ3v) is 1.47. The van der Waals surface area contributed by atoms with Gasteiger partial charge in [0, 0.05) is 13.7 Å². The Labute approximate surface area is 86.9 Å². The van der Waals surface area contributed by atoms with Gasteiger partial charge in [0.2, 0.25) is 5.91 Å². The number of nitrogens with two attached hydrogens (primary N) is 1. The summed E-state index contributed by atoms with van der Waals surface area (Å²) in [4.78, 5) is 11.1. The van der Waals surface area contributed by atoms with Crippen molar-refractivity contribution in [3.05, 3.63) is 0 Å². The van der Waals surface area contributed by atoms with Crippen molar-refractivity contribution in [2.75, 3.05) is 33.5 Å². The summed E-state index contributed by atoms with van der Waals surface area (Å²) >= 11 is 0. The Bertz CT molecular complexity index is 181. The van der Waals surface area contributed by atoms with E-state index in [9.17, 15) is 13.6 Å². The first-order valence-corrected chi connectivity index (χ1v) is 4.46. The van der Waals surface area contributed by atoms with Crippen LogP contribution in [0.1, 0.15) is 0 Å². The monoisotopic (exact) mass is 226 g/mol. The molecular formula is C8H16F2N2O3. The summed E-state index contributed by atoms with van der Waals surface area (Å²) in [6.07, 6.45) is -2.49. The molecule has 0 fully saturated rings. The molecule has 0 saturated heterocycles. The molecule has 15 heavy (non-hydrogen) atoms. The van der Waals surface area contributed by atoms with Gasteiger partial charge in [0.1, 0.15) is 12.6 Å². The van der Waals surface area contributed by atoms with E-state index in [2.05, 4.69) is 14.8 Å². The Morgan fingerprint density at radius 2 is 2.13 bits per heavy atom. The quantitative estimate of drug-likeness (QED) is 0.540. The fraction of sp³-hybridized carbons (Fsp3) is 0.875. The van der Waals surface area contributed by atoms with E-state index in [1.807, 2.05) is 0 Å². The summed E-state index contributed by atoms with van der Waals surface area (Å²) in [5, 5.41) is 2.43. The van der Waals surface area contributed by atoms with Crippen LogP contribution in [0.2, 0.25) is 0 Å². The van der Waals surface area contributed by atoms with Crippen LogP contribution in [-0.4, -0.2) is 51.8 Å². The van der Waals surface area contributed by atoms with Crippen LogP contribution in [0.4, 0.5) is 8.78 Å². The van der Waals surface area contributed by atoms with Crippen molar-refractivity contribution in [1.82, 2.24) is 5.32 Å². The number of methoxy groups -OCH3 is 1. The Morgan fingerprint density at radius 1 is 1.47 bits per heavy atom. The molecule has 7 heteroatoms. The van der Waals surface area contributed by atoms with E-state index < -0.39 is 25.0 Å². The fourth-order valence-corrected chi connectivity index (χ4v) is 0.805. The van der Waals surface area contributed by atoms with Gasteiger partial charge in [-0.1, -0.05) is 0 Å². The summed E-state index contributed by atoms with van der Waals surface area (Å²) in [6.45, 7) is -0.317. The first-order chi connectivity index (χ1) is 7.07. The third kappa shape index (κ3) is 8.22. The minimum atomic E-state index is -2.49. The second-order valence-corrected chi connectivity index (χ2v) is 2.82. The molecule has 0 aliphatic heterocycles. The molecule has 1 amide bonds. The highest BCUT2D eigenvalue weighted by Gasteiger charge is 2.11. The van der Waals surface area contributed by atoms with Gasteiger partial charge in [0.25, 0.3) is 6.43 Å². The maximum Gasteiger partial charge on any atom is 0.261 e. The highest BCUT2D eigenvalue weighted by atomic mass is 19.3. The standard InChI is InChI=1S/C8H16F2N2O3/c1-14-4-6(11)8(13)12-2-3-15-5-7(9)10/h6-7H,2-5,11H2,1H3,(H,12,13). The summed E-state index contributed by atoms with van der Waals surface area (Å²) in [5.74, 6) is -0.391. The molecule has 0 aromatic carbocycles. The topological polar surface area (TPSA) is 73.6 Å². The first kappa shape index (κ1) is 14.2. The van der Waals surface area contributed by atoms with Crippen molar-refractivity contribution < 1.29 is 23.0 Å². The second kappa shape index (κ2) is 8.51. The highest BCUT2D eigenvalue weighted by Crippen LogP contribution is 1.91. The van der Waals surface area contributed by atoms with Crippen LogP contribution < -0.4 is 11.1 Å². The van der Waals surface area contributed by atoms with Crippen LogP contribution in [0.15, 0.2) is 0 Å². The molecule has 0 heterocycles. The highest BCUT2D eigenvalue weighted by molar-refractivity contribution is 5.81. The van der Waals surface area contributed by atoms with Crippen molar-refractivity contribution in [3.63, 3.8) is 0 Å². The van der Waals surface area contributed by atoms with Crippen molar-refractivity contribution in [1.29, 1.82) is 0 Å². The molecule has 0 rings (SSSR count). The molecule has 0 aromatic heterocycles. The van der Waals surface area contributed by atoms with Crippen molar-refractivity contribution in [2.45, 2.75) is 12.5 Å². The number of nitrogens with one attached hydrogen (secondary N) is 1. The fourth-order valence-electron chi connectivity index (χ4n) is 0.805. The van der Waals surface area contributed by atoms with Gasteiger partial charge in [-0.05, 0) is 0 Å². The molecule has 90 valence electrons. The van der Waals surface area contributed by atoms with Crippen LogP contribution in [0.25, 0.3) is 0 Å². The molecule has 0 saturated carbocycles. The predicted molar refractivity (Wildman–Crippen MR) is 49.7 cm³/mol. The average molecular weight is 226 g/mol. The van der Waals surface area contributed by atoms with Gasteiger partial charge >= 0.3 is 0 Å². The number of hydrogen-bond acceptors (Lipinski definition) is 4. The van der Waals surface area contributed by atoms with E-state index in [1.54, 1.807) is 0 Å². The molecule has 0 spiro atoms. The molecule has 5 nitrogen and oxygen atoms in total. The van der Waals surface area contributed by atoms with Gasteiger partial charge in [-0.3, -0.25) is 4.79 Å². The Morgan fingerprint density at radius 3 is 2.67 bits per heavy atom. The van der Waals surface area contributed by atoms with Crippen molar-refractivity contribution >= 4 is 5.91 Å². The van der Waals surface area contributed by atoms with E-state index in [4.69, 9.17) is 5.73 Å². The largest absolute Gasteiger partial charge is 0.383 e. The maximum atomic E-state index is 11.6. The van der Waals surface area contributed by atoms with Crippen LogP contribution in [-0.2, 0) is 14.3 Å². The van der Waals surface area contributed by atoms with Crippen LogP contribution in [0.3, 0.4) is 0 Å². The summed E-state index contributed by atoms with van der Waals surface area (Å²) in [7, 11) is 1.43. The Hall–Kier alpha value is -0.790. The number of ether oxygens (including phenoxy) is 2. The van der Waals surface area contributed by atoms with Crippen molar-refractivity contribution in [3.8, 4) is 0 Å². The zero-order valence-corrected chi connectivity index (χ0v) is 8.54. The van der Waals surface area contributed by atoms with Crippen LogP contribution >= 0.6 is 0 Å². The molecule has 1 unspecified atom stereocenters. The zero-order valence-electron chi connectivity index (χ0n) is 8.54. The van der Waals surface area contributed by atoms with Gasteiger partial charge < -0.3 is 20.5 Å². The SMILES string of the molecule is COCC(N)C(=O)NCCOCC(F)F. The summed E-state index contributed by atoms with van der Waals surface area (Å²) in [6, 6.07) is -0.745. The lowest BCUT2D eigenvalue weighted by molar-refractivity contribution is -0.123. The van der Waals surface area contributed by atoms with E-state index in [-0.39, 0.29) is 19.8 Å². The van der Waals surface area contributed by atoms with Crippen LogP contribution in [0, 0.1) is 0 Å². The smallest absolute Gasteiger partial charge is 0.261 e. The van der Waals surface area contributed by atoms with Crippen LogP contribution in [0.5, 0.6) is 0 Å². The van der Waals surface area contributed by atoms with E-state index in [0.717, 1.165) is 0 Å². The minimum Gasteiger partial charge on any atom is -0.383 e. The van der Waals surface area contributed by atoms with E-state index >= 15 is 0 Å². The van der Waals surface area contributed by atoms with Gasteiger partial charge in [0.15, 0.2) is 0 Å². The molecule has 0 aliphatic rings. The normalized spacial score (nSPS) is 12.9. The van der Waals surface area contributed by atoms with Crippen molar-refractivity contribution in [2.24, 2.45) is 5.73 Å². The minimum absolute atomic E-state index is 0.0375. The van der Waals surface area contributed by atoms with Gasteiger partial charge in [0.05, 0.1) is 13.2 Å². The average Bonchev–Trinajstić information content (AvgIpc) is 2.16. The number of halogens is 2. The number of alkyl halides is 2. The summed E-state index contributed by atoms with van der Waals surface area (Å²) < 4.78 is 32.4. The third-order valence-electron chi connectivity index (χ3n) is 1.47. The predicted octanol–water partition coefficient (Wildman–Crippen LogP) is -0.642. The molecule has 1 atom stereocenters. The molecule has 0 radical (unpaired) electrons. The summed E-state index contributed by atoms with van der Waals surface area (Å²) in [5.41, 5.74) is 5.39.